The summed E-state index contributed by atoms with van der Waals surface area (Å²) in [4.78, 5) is 18.9. The zero-order valence-corrected chi connectivity index (χ0v) is 33.6. The van der Waals surface area contributed by atoms with E-state index in [2.05, 4.69) is 58.3 Å². The fraction of sp³-hybridized carbons (Fsp3) is 0.205. The van der Waals surface area contributed by atoms with Crippen LogP contribution < -0.4 is 9.80 Å². The highest BCUT2D eigenvalue weighted by molar-refractivity contribution is 6.53. The minimum absolute atomic E-state index is 0.0198. The second-order valence-electron chi connectivity index (χ2n) is 13.8. The van der Waals surface area contributed by atoms with Crippen molar-refractivity contribution in [2.75, 3.05) is 36.0 Å². The zero-order chi connectivity index (χ0) is 37.6. The average Bonchev–Trinajstić information content (AvgIpc) is 3.98. The Hall–Kier alpha value is -3.61. The molecule has 3 aliphatic rings. The van der Waals surface area contributed by atoms with Gasteiger partial charge in [0, 0.05) is 53.2 Å². The number of hydrogen-bond acceptors (Lipinski definition) is 4. The minimum Gasteiger partial charge on any atom is -0.442 e. The first-order valence-electron chi connectivity index (χ1n) is 17.9. The molecule has 2 saturated heterocycles. The van der Waals surface area contributed by atoms with Crippen LogP contribution in [-0.4, -0.2) is 32.1 Å². The van der Waals surface area contributed by atoms with Crippen LogP contribution in [-0.2, 0) is 10.3 Å². The van der Waals surface area contributed by atoms with Gasteiger partial charge in [0.25, 0.3) is 0 Å². The van der Waals surface area contributed by atoms with E-state index in [1.54, 1.807) is 0 Å². The van der Waals surface area contributed by atoms with Crippen molar-refractivity contribution >= 4 is 98.1 Å². The molecule has 0 amide bonds. The third-order valence-corrected chi connectivity index (χ3v) is 12.8. The Labute approximate surface area is 345 Å². The van der Waals surface area contributed by atoms with Gasteiger partial charge in [-0.15, -0.1) is 0 Å². The van der Waals surface area contributed by atoms with Gasteiger partial charge >= 0.3 is 5.97 Å². The number of esters is 1. The number of anilines is 2. The lowest BCUT2D eigenvalue weighted by Crippen LogP contribution is -2.23. The Kier molecular flexibility index (Phi) is 10.7. The molecule has 3 heterocycles. The SMILES string of the molecule is O=C1OC(C=C(c2ccc(Cl)cc2)c2ccc(N3CCCC3)cc2)(C=C(c2ccc(Cl)cc2)c2ccc(N3CCCC3)cc2)c2c(Cl)c(Cl)c(Cl)c(Cl)c21. The van der Waals surface area contributed by atoms with Crippen LogP contribution in [0.25, 0.3) is 11.1 Å². The van der Waals surface area contributed by atoms with Gasteiger partial charge in [0.05, 0.1) is 25.7 Å². The summed E-state index contributed by atoms with van der Waals surface area (Å²) in [6, 6.07) is 32.0. The highest BCUT2D eigenvalue weighted by atomic mass is 35.5. The monoisotopic (exact) mass is 832 g/mol. The molecule has 4 nitrogen and oxygen atoms in total. The molecular formula is C44H34Cl6N2O2. The lowest BCUT2D eigenvalue weighted by molar-refractivity contribution is 0.0300. The van der Waals surface area contributed by atoms with Crippen molar-refractivity contribution in [2.24, 2.45) is 0 Å². The number of ether oxygens (including phenoxy) is 1. The quantitative estimate of drug-likeness (QED) is 0.0886. The van der Waals surface area contributed by atoms with Gasteiger partial charge in [0.2, 0.25) is 0 Å². The third-order valence-electron chi connectivity index (χ3n) is 10.5. The number of fused-ring (bicyclic) bond motifs is 1. The maximum atomic E-state index is 14.1. The number of rotatable bonds is 8. The molecule has 0 saturated carbocycles. The van der Waals surface area contributed by atoms with Crippen molar-refractivity contribution in [2.45, 2.75) is 31.3 Å². The second kappa shape index (κ2) is 15.5. The van der Waals surface area contributed by atoms with Crippen molar-refractivity contribution < 1.29 is 9.53 Å². The van der Waals surface area contributed by atoms with Crippen molar-refractivity contribution in [1.82, 2.24) is 0 Å². The molecule has 0 unspecified atom stereocenters. The number of nitrogens with zero attached hydrogens (tertiary/aromatic N) is 2. The van der Waals surface area contributed by atoms with Gasteiger partial charge in [-0.05, 0) is 120 Å². The third kappa shape index (κ3) is 7.14. The first kappa shape index (κ1) is 37.3. The summed E-state index contributed by atoms with van der Waals surface area (Å²) >= 11 is 40.1. The van der Waals surface area contributed by atoms with Crippen molar-refractivity contribution in [3.63, 3.8) is 0 Å². The smallest absolute Gasteiger partial charge is 0.341 e. The summed E-state index contributed by atoms with van der Waals surface area (Å²) in [7, 11) is 0. The Bertz CT molecular complexity index is 2150. The summed E-state index contributed by atoms with van der Waals surface area (Å²) in [6.07, 6.45) is 8.53. The molecule has 2 fully saturated rings. The molecule has 10 heteroatoms. The van der Waals surface area contributed by atoms with Crippen LogP contribution in [0.5, 0.6) is 0 Å². The van der Waals surface area contributed by atoms with Crippen LogP contribution in [0.15, 0.2) is 109 Å². The maximum absolute atomic E-state index is 14.1. The summed E-state index contributed by atoms with van der Waals surface area (Å²) in [5, 5.41) is 1.23. The Morgan fingerprint density at radius 3 is 1.24 bits per heavy atom. The van der Waals surface area contributed by atoms with E-state index in [-0.39, 0.29) is 25.7 Å². The first-order valence-corrected chi connectivity index (χ1v) is 20.2. The molecule has 0 spiro atoms. The standard InChI is InChI=1S/C44H34Cl6N2O2/c45-31-13-5-27(6-14-31)35(29-9-17-33(18-10-29)51-21-1-2-22-51)25-44(38-37(43(53)54-44)39(47)41(49)42(50)40(38)48)26-36(28-7-15-32(46)16-8-28)30-11-19-34(20-12-30)52-23-3-4-24-52/h5-20,25-26H,1-4,21-24H2. The Balaban J connectivity index is 1.40. The predicted molar refractivity (Wildman–Crippen MR) is 226 cm³/mol. The Morgan fingerprint density at radius 1 is 0.500 bits per heavy atom. The molecule has 0 atom stereocenters. The van der Waals surface area contributed by atoms with Crippen LogP contribution in [0.2, 0.25) is 30.1 Å². The maximum Gasteiger partial charge on any atom is 0.341 e. The number of carbonyl (C=O) groups excluding carboxylic acids is 1. The normalized spacial score (nSPS) is 18.7. The van der Waals surface area contributed by atoms with Crippen LogP contribution >= 0.6 is 69.6 Å². The van der Waals surface area contributed by atoms with Crippen LogP contribution in [0.4, 0.5) is 11.4 Å². The van der Waals surface area contributed by atoms with Crippen LogP contribution in [0, 0.1) is 0 Å². The molecule has 5 aromatic rings. The van der Waals surface area contributed by atoms with Gasteiger partial charge < -0.3 is 14.5 Å². The van der Waals surface area contributed by atoms with E-state index in [9.17, 15) is 4.79 Å². The lowest BCUT2D eigenvalue weighted by atomic mass is 9.83. The minimum atomic E-state index is -1.62. The molecule has 0 N–H and O–H groups in total. The van der Waals surface area contributed by atoms with Gasteiger partial charge in [0.1, 0.15) is 0 Å². The summed E-state index contributed by atoms with van der Waals surface area (Å²) in [5.41, 5.74) is 6.06. The number of hydrogen-bond donors (Lipinski definition) is 0. The van der Waals surface area contributed by atoms with Crippen LogP contribution in [0.1, 0.15) is 63.9 Å². The predicted octanol–water partition coefficient (Wildman–Crippen LogP) is 13.4. The van der Waals surface area contributed by atoms with Crippen molar-refractivity contribution in [3.05, 3.63) is 173 Å². The van der Waals surface area contributed by atoms with E-state index in [0.29, 0.717) is 15.6 Å². The second-order valence-corrected chi connectivity index (χ2v) is 16.2. The highest BCUT2D eigenvalue weighted by Gasteiger charge is 2.48. The van der Waals surface area contributed by atoms with Gasteiger partial charge in [-0.2, -0.15) is 0 Å². The van der Waals surface area contributed by atoms with Crippen molar-refractivity contribution in [3.8, 4) is 0 Å². The summed E-state index contributed by atoms with van der Waals surface area (Å²) in [5.74, 6) is -0.678. The molecule has 0 bridgehead atoms. The van der Waals surface area contributed by atoms with E-state index < -0.39 is 11.6 Å². The highest BCUT2D eigenvalue weighted by Crippen LogP contribution is 2.53. The van der Waals surface area contributed by atoms with Gasteiger partial charge in [-0.25, -0.2) is 4.79 Å². The molecule has 54 heavy (non-hydrogen) atoms. The first-order chi connectivity index (χ1) is 26.1. The van der Waals surface area contributed by atoms with E-state index in [0.717, 1.165) is 71.0 Å². The van der Waals surface area contributed by atoms with Gasteiger partial charge in [0.15, 0.2) is 5.60 Å². The van der Waals surface area contributed by atoms with E-state index >= 15 is 0 Å². The molecule has 0 radical (unpaired) electrons. The van der Waals surface area contributed by atoms with E-state index in [1.165, 1.54) is 25.7 Å². The molecule has 274 valence electrons. The van der Waals surface area contributed by atoms with Gasteiger partial charge in [-0.1, -0.05) is 118 Å². The van der Waals surface area contributed by atoms with Crippen molar-refractivity contribution in [1.29, 1.82) is 0 Å². The summed E-state index contributed by atoms with van der Waals surface area (Å²) < 4.78 is 6.55. The fourth-order valence-electron chi connectivity index (χ4n) is 7.70. The molecule has 5 aromatic carbocycles. The number of benzene rings is 5. The molecular weight excluding hydrogens is 801 g/mol. The van der Waals surface area contributed by atoms with E-state index in [4.69, 9.17) is 74.3 Å². The van der Waals surface area contributed by atoms with E-state index in [1.807, 2.05) is 60.7 Å². The zero-order valence-electron chi connectivity index (χ0n) is 29.0. The number of cyclic esters (lactones) is 1. The average molecular weight is 835 g/mol. The topological polar surface area (TPSA) is 32.8 Å². The van der Waals surface area contributed by atoms with Gasteiger partial charge in [-0.3, -0.25) is 0 Å². The largest absolute Gasteiger partial charge is 0.442 e. The molecule has 8 rings (SSSR count). The van der Waals surface area contributed by atoms with Crippen LogP contribution in [0.3, 0.4) is 0 Å². The number of halogens is 6. The Morgan fingerprint density at radius 2 is 0.852 bits per heavy atom. The molecule has 0 aliphatic carbocycles. The fourth-order valence-corrected chi connectivity index (χ4v) is 9.03. The molecule has 3 aliphatic heterocycles. The summed E-state index contributed by atoms with van der Waals surface area (Å²) in [6.45, 7) is 4.09. The molecule has 0 aromatic heterocycles. The lowest BCUT2D eigenvalue weighted by Gasteiger charge is -2.27. The number of carbonyl (C=O) groups is 1.